The van der Waals surface area contributed by atoms with E-state index in [1.807, 2.05) is 12.1 Å². The highest BCUT2D eigenvalue weighted by atomic mass is 35.5. The number of hydrogen-bond donors (Lipinski definition) is 1. The van der Waals surface area contributed by atoms with Crippen molar-refractivity contribution in [1.29, 1.82) is 0 Å². The highest BCUT2D eigenvalue weighted by molar-refractivity contribution is 6.32. The predicted molar refractivity (Wildman–Crippen MR) is 119 cm³/mol. The van der Waals surface area contributed by atoms with Gasteiger partial charge in [0.1, 0.15) is 5.84 Å². The lowest BCUT2D eigenvalue weighted by Crippen LogP contribution is -2.37. The first-order chi connectivity index (χ1) is 13.8. The Labute approximate surface area is 171 Å². The maximum absolute atomic E-state index is 6.66. The second kappa shape index (κ2) is 7.60. The zero-order chi connectivity index (χ0) is 18.9. The van der Waals surface area contributed by atoms with Crippen LogP contribution in [0.25, 0.3) is 10.8 Å². The Bertz CT molecular complexity index is 1030. The monoisotopic (exact) mass is 388 g/mol. The van der Waals surface area contributed by atoms with Gasteiger partial charge in [0.25, 0.3) is 0 Å². The largest absolute Gasteiger partial charge is 0.365 e. The van der Waals surface area contributed by atoms with Crippen LogP contribution in [0.2, 0.25) is 5.02 Å². The molecule has 1 aliphatic carbocycles. The zero-order valence-corrected chi connectivity index (χ0v) is 16.8. The van der Waals surface area contributed by atoms with Crippen LogP contribution < -0.4 is 5.32 Å². The van der Waals surface area contributed by atoms with Crippen LogP contribution in [0.5, 0.6) is 0 Å². The number of aryl methyl sites for hydroxylation is 1. The molecule has 2 atom stereocenters. The summed E-state index contributed by atoms with van der Waals surface area (Å²) in [5.41, 5.74) is 3.77. The normalized spacial score (nSPS) is 21.2. The molecule has 0 bridgehead atoms. The molecule has 2 aliphatic rings. The van der Waals surface area contributed by atoms with Crippen molar-refractivity contribution < 1.29 is 0 Å². The number of nitrogens with zero attached hydrogens (tertiary/aromatic N) is 1. The molecule has 142 valence electrons. The lowest BCUT2D eigenvalue weighted by atomic mass is 9.92. The van der Waals surface area contributed by atoms with E-state index in [0.717, 1.165) is 23.7 Å². The van der Waals surface area contributed by atoms with Gasteiger partial charge in [0.2, 0.25) is 0 Å². The molecule has 1 heterocycles. The van der Waals surface area contributed by atoms with Crippen molar-refractivity contribution in [1.82, 2.24) is 5.32 Å². The molecule has 0 saturated heterocycles. The molecular weight excluding hydrogens is 364 g/mol. The number of halogens is 1. The second-order valence-electron chi connectivity index (χ2n) is 7.98. The van der Waals surface area contributed by atoms with Crippen LogP contribution in [0, 0.1) is 0 Å². The average molecular weight is 389 g/mol. The van der Waals surface area contributed by atoms with E-state index >= 15 is 0 Å². The number of amidine groups is 1. The summed E-state index contributed by atoms with van der Waals surface area (Å²) in [6.07, 6.45) is 6.91. The summed E-state index contributed by atoms with van der Waals surface area (Å²) in [5, 5.41) is 7.17. The summed E-state index contributed by atoms with van der Waals surface area (Å²) in [6.45, 7) is 0. The molecule has 3 heteroatoms. The number of rotatable bonds is 4. The standard InChI is InChI=1S/C25H25ClN2/c26-22-12-6-11-21(25-27-23-13-3-4-14-24(23)28-25)20(22)16-15-18-9-5-8-17-7-1-2-10-19(17)18/h1-2,5-12,23-24H,3-4,13-16H2,(H,27,28)/t23-,24-/m0/s1. The third-order valence-corrected chi connectivity index (χ3v) is 6.60. The third-order valence-electron chi connectivity index (χ3n) is 6.24. The van der Waals surface area contributed by atoms with Gasteiger partial charge in [0.05, 0.1) is 6.04 Å². The molecule has 1 N–H and O–H groups in total. The molecule has 1 aliphatic heterocycles. The van der Waals surface area contributed by atoms with Crippen molar-refractivity contribution in [3.05, 3.63) is 82.4 Å². The summed E-state index contributed by atoms with van der Waals surface area (Å²) in [6, 6.07) is 22.3. The van der Waals surface area contributed by atoms with Gasteiger partial charge < -0.3 is 5.32 Å². The topological polar surface area (TPSA) is 24.4 Å². The summed E-state index contributed by atoms with van der Waals surface area (Å²) >= 11 is 6.66. The molecule has 3 aromatic carbocycles. The minimum atomic E-state index is 0.439. The molecule has 3 aromatic rings. The first-order valence-corrected chi connectivity index (χ1v) is 10.8. The average Bonchev–Trinajstić information content (AvgIpc) is 3.17. The van der Waals surface area contributed by atoms with E-state index < -0.39 is 0 Å². The number of nitrogens with one attached hydrogen (secondary N) is 1. The van der Waals surface area contributed by atoms with Crippen LogP contribution in [0.4, 0.5) is 0 Å². The van der Waals surface area contributed by atoms with Crippen LogP contribution in [0.3, 0.4) is 0 Å². The number of fused-ring (bicyclic) bond motifs is 2. The molecule has 0 unspecified atom stereocenters. The molecular formula is C25H25ClN2. The van der Waals surface area contributed by atoms with Gasteiger partial charge in [-0.25, -0.2) is 0 Å². The molecule has 0 amide bonds. The lowest BCUT2D eigenvalue weighted by molar-refractivity contribution is 0.385. The maximum Gasteiger partial charge on any atom is 0.129 e. The molecule has 0 aromatic heterocycles. The molecule has 2 nitrogen and oxygen atoms in total. The van der Waals surface area contributed by atoms with Crippen LogP contribution >= 0.6 is 11.6 Å². The van der Waals surface area contributed by atoms with Crippen molar-refractivity contribution in [2.24, 2.45) is 4.99 Å². The Morgan fingerprint density at radius 2 is 1.71 bits per heavy atom. The summed E-state index contributed by atoms with van der Waals surface area (Å²) in [5.74, 6) is 1.05. The molecule has 1 saturated carbocycles. The van der Waals surface area contributed by atoms with Gasteiger partial charge in [0, 0.05) is 16.6 Å². The first-order valence-electron chi connectivity index (χ1n) is 10.4. The fraction of sp³-hybridized carbons (Fsp3) is 0.320. The summed E-state index contributed by atoms with van der Waals surface area (Å²) in [4.78, 5) is 5.03. The predicted octanol–water partition coefficient (Wildman–Crippen LogP) is 5.94. The van der Waals surface area contributed by atoms with Gasteiger partial charge in [-0.05, 0) is 53.6 Å². The molecule has 5 rings (SSSR count). The maximum atomic E-state index is 6.66. The SMILES string of the molecule is Clc1cccc(C2=N[C@H]3CCCC[C@@H]3N2)c1CCc1cccc2ccccc12. The smallest absolute Gasteiger partial charge is 0.129 e. The first kappa shape index (κ1) is 17.8. The molecule has 0 radical (unpaired) electrons. The van der Waals surface area contributed by atoms with Crippen molar-refractivity contribution in [2.75, 3.05) is 0 Å². The van der Waals surface area contributed by atoms with E-state index in [2.05, 4.69) is 53.8 Å². The van der Waals surface area contributed by atoms with Gasteiger partial charge in [-0.2, -0.15) is 0 Å². The zero-order valence-electron chi connectivity index (χ0n) is 16.0. The Kier molecular flexibility index (Phi) is 4.82. The minimum Gasteiger partial charge on any atom is -0.365 e. The third kappa shape index (κ3) is 3.31. The number of hydrogen-bond acceptors (Lipinski definition) is 2. The van der Waals surface area contributed by atoms with E-state index in [-0.39, 0.29) is 0 Å². The Hall–Kier alpha value is -2.32. The van der Waals surface area contributed by atoms with Crippen molar-refractivity contribution in [3.63, 3.8) is 0 Å². The van der Waals surface area contributed by atoms with E-state index in [0.29, 0.717) is 12.1 Å². The van der Waals surface area contributed by atoms with E-state index in [4.69, 9.17) is 16.6 Å². The fourth-order valence-electron chi connectivity index (χ4n) is 4.76. The van der Waals surface area contributed by atoms with Gasteiger partial charge in [0.15, 0.2) is 0 Å². The quantitative estimate of drug-likeness (QED) is 0.587. The Balaban J connectivity index is 1.44. The van der Waals surface area contributed by atoms with Gasteiger partial charge in [-0.3, -0.25) is 4.99 Å². The molecule has 0 spiro atoms. The number of aliphatic imine (C=N–C) groups is 1. The van der Waals surface area contributed by atoms with Crippen LogP contribution in [0.1, 0.15) is 42.4 Å². The van der Waals surface area contributed by atoms with E-state index in [1.165, 1.54) is 53.1 Å². The number of benzene rings is 3. The van der Waals surface area contributed by atoms with E-state index in [1.54, 1.807) is 0 Å². The van der Waals surface area contributed by atoms with Gasteiger partial charge >= 0.3 is 0 Å². The highest BCUT2D eigenvalue weighted by Crippen LogP contribution is 2.30. The fourth-order valence-corrected chi connectivity index (χ4v) is 5.03. The van der Waals surface area contributed by atoms with Crippen molar-refractivity contribution in [2.45, 2.75) is 50.6 Å². The van der Waals surface area contributed by atoms with Crippen LogP contribution in [-0.2, 0) is 12.8 Å². The van der Waals surface area contributed by atoms with Crippen LogP contribution in [0.15, 0.2) is 65.7 Å². The lowest BCUT2D eigenvalue weighted by Gasteiger charge is -2.23. The Morgan fingerprint density at radius 3 is 2.64 bits per heavy atom. The summed E-state index contributed by atoms with van der Waals surface area (Å²) in [7, 11) is 0. The minimum absolute atomic E-state index is 0.439. The van der Waals surface area contributed by atoms with E-state index in [9.17, 15) is 0 Å². The van der Waals surface area contributed by atoms with Crippen LogP contribution in [-0.4, -0.2) is 17.9 Å². The Morgan fingerprint density at radius 1 is 0.893 bits per heavy atom. The van der Waals surface area contributed by atoms with Gasteiger partial charge in [-0.1, -0.05) is 79.0 Å². The summed E-state index contributed by atoms with van der Waals surface area (Å²) < 4.78 is 0. The van der Waals surface area contributed by atoms with Gasteiger partial charge in [-0.15, -0.1) is 0 Å². The molecule has 28 heavy (non-hydrogen) atoms. The molecule has 1 fully saturated rings. The highest BCUT2D eigenvalue weighted by Gasteiger charge is 2.32. The van der Waals surface area contributed by atoms with Crippen molar-refractivity contribution >= 4 is 28.2 Å². The van der Waals surface area contributed by atoms with Crippen molar-refractivity contribution in [3.8, 4) is 0 Å². The second-order valence-corrected chi connectivity index (χ2v) is 8.39.